The van der Waals surface area contributed by atoms with E-state index in [1.165, 1.54) is 25.1 Å². The Morgan fingerprint density at radius 2 is 1.86 bits per heavy atom. The van der Waals surface area contributed by atoms with Crippen molar-refractivity contribution in [2.75, 3.05) is 4.72 Å². The fraction of sp³-hybridized carbons (Fsp3) is 0.0714. The highest BCUT2D eigenvalue weighted by atomic mass is 32.2. The molecule has 21 heavy (non-hydrogen) atoms. The zero-order valence-electron chi connectivity index (χ0n) is 10.9. The minimum atomic E-state index is -4.12. The monoisotopic (exact) mass is 308 g/mol. The van der Waals surface area contributed by atoms with Crippen LogP contribution in [0, 0.1) is 29.9 Å². The highest BCUT2D eigenvalue weighted by Crippen LogP contribution is 2.23. The number of nitrogens with zero attached hydrogens (tertiary/aromatic N) is 1. The van der Waals surface area contributed by atoms with E-state index in [2.05, 4.69) is 0 Å². The van der Waals surface area contributed by atoms with E-state index in [9.17, 15) is 17.2 Å². The second-order valence-corrected chi connectivity index (χ2v) is 5.97. The van der Waals surface area contributed by atoms with Crippen molar-refractivity contribution in [3.63, 3.8) is 0 Å². The molecule has 0 amide bonds. The first kappa shape index (κ1) is 14.9. The lowest BCUT2D eigenvalue weighted by molar-refractivity contribution is 0.594. The van der Waals surface area contributed by atoms with Crippen molar-refractivity contribution in [1.29, 1.82) is 5.26 Å². The topological polar surface area (TPSA) is 70.0 Å². The number of aryl methyl sites for hydroxylation is 1. The quantitative estimate of drug-likeness (QED) is 0.947. The van der Waals surface area contributed by atoms with Crippen LogP contribution in [0.1, 0.15) is 11.1 Å². The van der Waals surface area contributed by atoms with Gasteiger partial charge in [0.2, 0.25) is 0 Å². The Morgan fingerprint density at radius 3 is 2.52 bits per heavy atom. The van der Waals surface area contributed by atoms with Gasteiger partial charge in [-0.05, 0) is 36.8 Å². The lowest BCUT2D eigenvalue weighted by atomic mass is 10.2. The summed E-state index contributed by atoms with van der Waals surface area (Å²) in [6.07, 6.45) is 0. The molecule has 0 spiro atoms. The van der Waals surface area contributed by atoms with Crippen molar-refractivity contribution in [3.05, 3.63) is 59.2 Å². The van der Waals surface area contributed by atoms with Gasteiger partial charge in [-0.15, -0.1) is 0 Å². The van der Waals surface area contributed by atoms with Crippen LogP contribution in [0.15, 0.2) is 41.3 Å². The van der Waals surface area contributed by atoms with E-state index in [4.69, 9.17) is 5.26 Å². The summed E-state index contributed by atoms with van der Waals surface area (Å²) in [5, 5.41) is 8.81. The first-order valence-corrected chi connectivity index (χ1v) is 7.30. The van der Waals surface area contributed by atoms with Crippen LogP contribution in [-0.2, 0) is 10.0 Å². The van der Waals surface area contributed by atoms with Crippen molar-refractivity contribution < 1.29 is 17.2 Å². The van der Waals surface area contributed by atoms with Gasteiger partial charge in [0, 0.05) is 6.07 Å². The molecular weight excluding hydrogens is 298 g/mol. The number of anilines is 1. The zero-order chi connectivity index (χ0) is 15.6. The molecule has 0 heterocycles. The molecule has 0 unspecified atom stereocenters. The Kier molecular flexibility index (Phi) is 3.91. The molecule has 0 saturated heterocycles. The minimum absolute atomic E-state index is 0.153. The maximum Gasteiger partial charge on any atom is 0.262 e. The van der Waals surface area contributed by atoms with Crippen molar-refractivity contribution in [1.82, 2.24) is 0 Å². The number of nitrogens with one attached hydrogen (secondary N) is 1. The highest BCUT2D eigenvalue weighted by molar-refractivity contribution is 7.92. The SMILES string of the molecule is Cc1ccc(C#N)cc1S(=O)(=O)Nc1cc(F)ccc1F. The second-order valence-electron chi connectivity index (χ2n) is 4.32. The van der Waals surface area contributed by atoms with Crippen LogP contribution in [0.5, 0.6) is 0 Å². The molecular formula is C14H10F2N2O2S. The third-order valence-corrected chi connectivity index (χ3v) is 4.29. The molecule has 0 aliphatic rings. The summed E-state index contributed by atoms with van der Waals surface area (Å²) in [7, 11) is -4.12. The van der Waals surface area contributed by atoms with Crippen molar-refractivity contribution in [2.24, 2.45) is 0 Å². The first-order valence-electron chi connectivity index (χ1n) is 5.82. The second kappa shape index (κ2) is 5.50. The normalized spacial score (nSPS) is 11.0. The number of rotatable bonds is 3. The molecule has 7 heteroatoms. The van der Waals surface area contributed by atoms with Gasteiger partial charge in [-0.25, -0.2) is 17.2 Å². The third-order valence-electron chi connectivity index (χ3n) is 2.78. The molecule has 108 valence electrons. The minimum Gasteiger partial charge on any atom is -0.277 e. The van der Waals surface area contributed by atoms with E-state index in [-0.39, 0.29) is 10.5 Å². The number of nitriles is 1. The summed E-state index contributed by atoms with van der Waals surface area (Å²) in [4.78, 5) is -0.162. The van der Waals surface area contributed by atoms with Crippen LogP contribution in [0.25, 0.3) is 0 Å². The van der Waals surface area contributed by atoms with Crippen LogP contribution < -0.4 is 4.72 Å². The van der Waals surface area contributed by atoms with E-state index >= 15 is 0 Å². The molecule has 2 aromatic rings. The average Bonchev–Trinajstić information content (AvgIpc) is 2.43. The van der Waals surface area contributed by atoms with Gasteiger partial charge >= 0.3 is 0 Å². The predicted molar refractivity (Wildman–Crippen MR) is 73.1 cm³/mol. The molecule has 0 bridgehead atoms. The van der Waals surface area contributed by atoms with Gasteiger partial charge in [-0.1, -0.05) is 6.07 Å². The van der Waals surface area contributed by atoms with Crippen LogP contribution in [0.4, 0.5) is 14.5 Å². The molecule has 0 fully saturated rings. The zero-order valence-corrected chi connectivity index (χ0v) is 11.7. The number of hydrogen-bond donors (Lipinski definition) is 1. The molecule has 0 saturated carbocycles. The highest BCUT2D eigenvalue weighted by Gasteiger charge is 2.19. The van der Waals surface area contributed by atoms with Gasteiger partial charge in [-0.3, -0.25) is 4.72 Å². The van der Waals surface area contributed by atoms with Crippen LogP contribution in [-0.4, -0.2) is 8.42 Å². The van der Waals surface area contributed by atoms with Gasteiger partial charge < -0.3 is 0 Å². The number of hydrogen-bond acceptors (Lipinski definition) is 3. The smallest absolute Gasteiger partial charge is 0.262 e. The lowest BCUT2D eigenvalue weighted by Gasteiger charge is -2.11. The summed E-state index contributed by atoms with van der Waals surface area (Å²) < 4.78 is 53.1. The Labute approximate surface area is 120 Å². The van der Waals surface area contributed by atoms with Gasteiger partial charge in [-0.2, -0.15) is 5.26 Å². The van der Waals surface area contributed by atoms with Gasteiger partial charge in [0.25, 0.3) is 10.0 Å². The van der Waals surface area contributed by atoms with E-state index in [1.807, 2.05) is 10.8 Å². The van der Waals surface area contributed by atoms with Crippen molar-refractivity contribution in [3.8, 4) is 6.07 Å². The fourth-order valence-electron chi connectivity index (χ4n) is 1.73. The Bertz CT molecular complexity index is 843. The molecule has 0 radical (unpaired) electrons. The molecule has 0 aliphatic heterocycles. The molecule has 0 atom stereocenters. The van der Waals surface area contributed by atoms with Crippen LogP contribution >= 0.6 is 0 Å². The maximum atomic E-state index is 13.5. The molecule has 1 N–H and O–H groups in total. The Balaban J connectivity index is 2.48. The van der Waals surface area contributed by atoms with Gasteiger partial charge in [0.1, 0.15) is 11.6 Å². The number of halogens is 2. The van der Waals surface area contributed by atoms with Crippen LogP contribution in [0.2, 0.25) is 0 Å². The van der Waals surface area contributed by atoms with Gasteiger partial charge in [0.05, 0.1) is 22.2 Å². The summed E-state index contributed by atoms with van der Waals surface area (Å²) in [5.41, 5.74) is 0.0516. The molecule has 0 aromatic heterocycles. The maximum absolute atomic E-state index is 13.5. The number of benzene rings is 2. The standard InChI is InChI=1S/C14H10F2N2O2S/c1-9-2-3-10(8-17)6-14(9)21(19,20)18-13-7-11(15)4-5-12(13)16/h2-7,18H,1H3. The summed E-state index contributed by atoms with van der Waals surface area (Å²) in [6.45, 7) is 1.54. The van der Waals surface area contributed by atoms with E-state index in [0.29, 0.717) is 5.56 Å². The predicted octanol–water partition coefficient (Wildman–Crippen LogP) is 2.95. The molecule has 2 rings (SSSR count). The number of sulfonamides is 1. The Hall–Kier alpha value is -2.46. The van der Waals surface area contributed by atoms with E-state index < -0.39 is 27.3 Å². The van der Waals surface area contributed by atoms with Crippen molar-refractivity contribution >= 4 is 15.7 Å². The van der Waals surface area contributed by atoms with Crippen LogP contribution in [0.3, 0.4) is 0 Å². The van der Waals surface area contributed by atoms with E-state index in [0.717, 1.165) is 18.2 Å². The first-order chi connectivity index (χ1) is 9.83. The molecule has 4 nitrogen and oxygen atoms in total. The molecule has 2 aromatic carbocycles. The summed E-state index contributed by atoms with van der Waals surface area (Å²) >= 11 is 0. The largest absolute Gasteiger partial charge is 0.277 e. The Morgan fingerprint density at radius 1 is 1.14 bits per heavy atom. The molecule has 0 aliphatic carbocycles. The summed E-state index contributed by atoms with van der Waals surface area (Å²) in [6, 6.07) is 8.39. The fourth-order valence-corrected chi connectivity index (χ4v) is 3.06. The van der Waals surface area contributed by atoms with Gasteiger partial charge in [0.15, 0.2) is 0 Å². The lowest BCUT2D eigenvalue weighted by Crippen LogP contribution is -2.15. The third kappa shape index (κ3) is 3.17. The summed E-state index contributed by atoms with van der Waals surface area (Å²) in [5.74, 6) is -1.66. The average molecular weight is 308 g/mol. The van der Waals surface area contributed by atoms with Crippen molar-refractivity contribution in [2.45, 2.75) is 11.8 Å². The van der Waals surface area contributed by atoms with E-state index in [1.54, 1.807) is 0 Å².